The maximum Gasteiger partial charge on any atom is 0.369 e. The molecule has 0 N–H and O–H groups in total. The van der Waals surface area contributed by atoms with Gasteiger partial charge in [-0.1, -0.05) is 34.4 Å². The summed E-state index contributed by atoms with van der Waals surface area (Å²) < 4.78 is 8.97. The van der Waals surface area contributed by atoms with E-state index in [1.807, 2.05) is 30.3 Å². The molecule has 0 radical (unpaired) electrons. The van der Waals surface area contributed by atoms with Gasteiger partial charge in [0.1, 0.15) is 14.2 Å². The number of benzene rings is 1. The molecule has 142 valence electrons. The van der Waals surface area contributed by atoms with Gasteiger partial charge in [0.25, 0.3) is 0 Å². The first-order valence-electron chi connectivity index (χ1n) is 7.11. The van der Waals surface area contributed by atoms with Gasteiger partial charge in [-0.05, 0) is 52.5 Å². The van der Waals surface area contributed by atoms with Crippen LogP contribution in [-0.2, 0) is 28.7 Å². The molecule has 0 aliphatic rings. The molecule has 8 nitrogen and oxygen atoms in total. The first-order valence-corrected chi connectivity index (χ1v) is 8.19. The average molecular weight is 484 g/mol. The quantitative estimate of drug-likeness (QED) is 0.213. The zero-order chi connectivity index (χ0) is 20.5. The van der Waals surface area contributed by atoms with Crippen LogP contribution in [0.25, 0.3) is 0 Å². The van der Waals surface area contributed by atoms with E-state index in [1.165, 1.54) is 28.4 Å². The molecule has 0 fully saturated rings. The van der Waals surface area contributed by atoms with E-state index >= 15 is 0 Å². The second-order valence-corrected chi connectivity index (χ2v) is 5.06. The Balaban J connectivity index is 0.000000636. The molecule has 0 aromatic heterocycles. The fraction of sp³-hybridized carbons (Fsp3) is 0.222. The van der Waals surface area contributed by atoms with Crippen LogP contribution < -0.4 is 0 Å². The number of ether oxygens (including phenoxy) is 2. The van der Waals surface area contributed by atoms with Crippen LogP contribution in [-0.4, -0.2) is 49.8 Å². The van der Waals surface area contributed by atoms with E-state index in [4.69, 9.17) is 0 Å². The number of carbonyl (C=O) groups is 2. The van der Waals surface area contributed by atoms with Crippen molar-refractivity contribution in [1.82, 2.24) is 0 Å². The van der Waals surface area contributed by atoms with E-state index in [0.717, 1.165) is 5.56 Å². The van der Waals surface area contributed by atoms with Crippen molar-refractivity contribution in [3.05, 3.63) is 35.9 Å². The van der Waals surface area contributed by atoms with Crippen LogP contribution in [0, 0.1) is 23.7 Å². The van der Waals surface area contributed by atoms with Crippen LogP contribution in [0.5, 0.6) is 0 Å². The minimum atomic E-state index is -0.661. The van der Waals surface area contributed by atoms with Crippen LogP contribution in [0.2, 0.25) is 0 Å². The molecule has 27 heavy (non-hydrogen) atoms. The molecule has 0 atom stereocenters. The first-order chi connectivity index (χ1) is 13.0. The highest BCUT2D eigenvalue weighted by Gasteiger charge is 2.08. The number of hydrogen-bond acceptors (Lipinski definition) is 8. The molecule has 0 spiro atoms. The second-order valence-electron chi connectivity index (χ2n) is 4.04. The van der Waals surface area contributed by atoms with Crippen molar-refractivity contribution in [2.24, 2.45) is 10.3 Å². The lowest BCUT2D eigenvalue weighted by Crippen LogP contribution is -2.13. The third kappa shape index (κ3) is 11.2. The van der Waals surface area contributed by atoms with Crippen molar-refractivity contribution >= 4 is 44.0 Å². The standard InChI is InChI=1S/C14H11NO3.C4H6INO3/c1-17-14(16)13(15-18-2)11-7-6-10-12-8-4-3-5-9-12;1-8-4(7)3(5)6-9-2/h3-5,8-9H,1-2H3;1-2H3/b15-13+;6-3-. The summed E-state index contributed by atoms with van der Waals surface area (Å²) in [7, 11) is 5.21. The molecular weight excluding hydrogens is 467 g/mol. The summed E-state index contributed by atoms with van der Waals surface area (Å²) in [6, 6.07) is 9.38. The van der Waals surface area contributed by atoms with Crippen molar-refractivity contribution in [3.63, 3.8) is 0 Å². The zero-order valence-corrected chi connectivity index (χ0v) is 17.3. The van der Waals surface area contributed by atoms with E-state index in [1.54, 1.807) is 22.6 Å². The van der Waals surface area contributed by atoms with Gasteiger partial charge in [0.15, 0.2) is 0 Å². The fourth-order valence-corrected chi connectivity index (χ4v) is 1.63. The van der Waals surface area contributed by atoms with Gasteiger partial charge in [0.05, 0.1) is 14.2 Å². The van der Waals surface area contributed by atoms with E-state index < -0.39 is 11.9 Å². The maximum absolute atomic E-state index is 11.2. The molecule has 0 saturated carbocycles. The predicted molar refractivity (Wildman–Crippen MR) is 108 cm³/mol. The molecule has 1 rings (SSSR count). The minimum absolute atomic E-state index is 0.123. The molecule has 9 heteroatoms. The van der Waals surface area contributed by atoms with Crippen LogP contribution >= 0.6 is 22.6 Å². The predicted octanol–water partition coefficient (Wildman–Crippen LogP) is 1.77. The Hall–Kier alpha value is -3.05. The Morgan fingerprint density at radius 2 is 1.48 bits per heavy atom. The normalized spacial score (nSPS) is 9.81. The largest absolute Gasteiger partial charge is 0.464 e. The lowest BCUT2D eigenvalue weighted by molar-refractivity contribution is -0.133. The van der Waals surface area contributed by atoms with E-state index in [0.29, 0.717) is 0 Å². The smallest absolute Gasteiger partial charge is 0.369 e. The van der Waals surface area contributed by atoms with Gasteiger partial charge >= 0.3 is 11.9 Å². The minimum Gasteiger partial charge on any atom is -0.464 e. The molecule has 0 aliphatic heterocycles. The molecule has 1 aromatic rings. The van der Waals surface area contributed by atoms with Gasteiger partial charge in [-0.2, -0.15) is 0 Å². The molecular formula is C18H17IN2O6. The number of methoxy groups -OCH3 is 2. The Kier molecular flexibility index (Phi) is 13.5. The maximum atomic E-state index is 11.2. The molecule has 0 saturated heterocycles. The van der Waals surface area contributed by atoms with Gasteiger partial charge < -0.3 is 19.1 Å². The number of esters is 2. The fourth-order valence-electron chi connectivity index (χ4n) is 1.22. The Morgan fingerprint density at radius 3 is 2.00 bits per heavy atom. The average Bonchev–Trinajstić information content (AvgIpc) is 2.70. The Bertz CT molecular complexity index is 798. The molecule has 0 bridgehead atoms. The number of carbonyl (C=O) groups excluding carboxylic acids is 2. The summed E-state index contributed by atoms with van der Waals surface area (Å²) in [5.41, 5.74) is 0.720. The van der Waals surface area contributed by atoms with Gasteiger partial charge in [-0.3, -0.25) is 0 Å². The van der Waals surface area contributed by atoms with E-state index in [-0.39, 0.29) is 9.43 Å². The summed E-state index contributed by atoms with van der Waals surface area (Å²) >= 11 is 1.72. The summed E-state index contributed by atoms with van der Waals surface area (Å²) in [4.78, 5) is 30.4. The Morgan fingerprint density at radius 1 is 0.889 bits per heavy atom. The molecule has 0 unspecified atom stereocenters. The highest BCUT2D eigenvalue weighted by atomic mass is 127. The van der Waals surface area contributed by atoms with Crippen molar-refractivity contribution in [3.8, 4) is 23.7 Å². The van der Waals surface area contributed by atoms with Crippen LogP contribution in [0.1, 0.15) is 5.56 Å². The number of nitrogens with zero attached hydrogens (tertiary/aromatic N) is 2. The lowest BCUT2D eigenvalue weighted by atomic mass is 10.2. The third-order valence-corrected chi connectivity index (χ3v) is 2.95. The first kappa shape index (κ1) is 23.9. The topological polar surface area (TPSA) is 95.8 Å². The highest BCUT2D eigenvalue weighted by molar-refractivity contribution is 14.1. The number of rotatable bonds is 4. The van der Waals surface area contributed by atoms with Crippen LogP contribution in [0.3, 0.4) is 0 Å². The van der Waals surface area contributed by atoms with Crippen molar-refractivity contribution in [2.75, 3.05) is 28.4 Å². The van der Waals surface area contributed by atoms with Gasteiger partial charge in [-0.15, -0.1) is 0 Å². The monoisotopic (exact) mass is 484 g/mol. The van der Waals surface area contributed by atoms with Crippen molar-refractivity contribution in [2.45, 2.75) is 0 Å². The van der Waals surface area contributed by atoms with Crippen molar-refractivity contribution in [1.29, 1.82) is 0 Å². The van der Waals surface area contributed by atoms with Crippen LogP contribution in [0.4, 0.5) is 0 Å². The summed E-state index contributed by atoms with van der Waals surface area (Å²) in [6.07, 6.45) is 0. The van der Waals surface area contributed by atoms with Gasteiger partial charge in [-0.25, -0.2) is 9.59 Å². The molecule has 1 aromatic carbocycles. The van der Waals surface area contributed by atoms with Crippen molar-refractivity contribution < 1.29 is 28.7 Å². The lowest BCUT2D eigenvalue weighted by Gasteiger charge is -1.93. The molecule has 0 aliphatic carbocycles. The summed E-state index contributed by atoms with van der Waals surface area (Å²) in [5, 5.41) is 6.76. The second kappa shape index (κ2) is 15.2. The van der Waals surface area contributed by atoms with E-state index in [9.17, 15) is 9.59 Å². The molecule has 0 heterocycles. The van der Waals surface area contributed by atoms with Gasteiger partial charge in [0, 0.05) is 5.56 Å². The number of hydrogen-bond donors (Lipinski definition) is 0. The number of halogens is 1. The SMILES string of the molecule is CO/N=C(\C#CC#Cc1ccccc1)C(=O)OC.CO/N=C(\I)C(=O)OC. The third-order valence-electron chi connectivity index (χ3n) is 2.31. The summed E-state index contributed by atoms with van der Waals surface area (Å²) in [5.74, 6) is 9.27. The zero-order valence-electron chi connectivity index (χ0n) is 15.1. The Labute approximate surface area is 171 Å². The highest BCUT2D eigenvalue weighted by Crippen LogP contribution is 1.94. The summed E-state index contributed by atoms with van der Waals surface area (Å²) in [6.45, 7) is 0. The van der Waals surface area contributed by atoms with Gasteiger partial charge in [0.2, 0.25) is 9.43 Å². The molecule has 0 amide bonds. The number of oxime groups is 2. The van der Waals surface area contributed by atoms with E-state index in [2.05, 4.69) is 53.1 Å². The van der Waals surface area contributed by atoms with Crippen LogP contribution in [0.15, 0.2) is 40.6 Å².